The van der Waals surface area contributed by atoms with Gasteiger partial charge in [0, 0.05) is 53.0 Å². The lowest BCUT2D eigenvalue weighted by molar-refractivity contribution is 0.571. The van der Waals surface area contributed by atoms with Gasteiger partial charge in [-0.25, -0.2) is 9.98 Å². The number of nitrogens with zero attached hydrogens (tertiary/aromatic N) is 4. The first-order chi connectivity index (χ1) is 15.4. The molecular weight excluding hydrogens is 398 g/mol. The Morgan fingerprint density at radius 3 is 2.56 bits per heavy atom. The van der Waals surface area contributed by atoms with E-state index in [-0.39, 0.29) is 5.56 Å². The highest BCUT2D eigenvalue weighted by Gasteiger charge is 2.39. The third-order valence-electron chi connectivity index (χ3n) is 5.60. The summed E-state index contributed by atoms with van der Waals surface area (Å²) in [4.78, 5) is 26.6. The normalized spacial score (nSPS) is 17.4. The van der Waals surface area contributed by atoms with Crippen LogP contribution in [0, 0.1) is 18.8 Å². The molecule has 3 aromatic rings. The van der Waals surface area contributed by atoms with Gasteiger partial charge in [0.25, 0.3) is 5.56 Å². The van der Waals surface area contributed by atoms with E-state index in [0.29, 0.717) is 23.7 Å². The molecule has 160 valence electrons. The number of rotatable bonds is 4. The monoisotopic (exact) mass is 423 g/mol. The molecule has 6 nitrogen and oxygen atoms in total. The summed E-state index contributed by atoms with van der Waals surface area (Å²) in [5, 5.41) is 0. The molecule has 1 aliphatic heterocycles. The number of pyridine rings is 2. The summed E-state index contributed by atoms with van der Waals surface area (Å²) in [5.74, 6) is 6.35. The summed E-state index contributed by atoms with van der Waals surface area (Å²) in [7, 11) is 0. The molecule has 1 aromatic carbocycles. The molecule has 4 rings (SSSR count). The van der Waals surface area contributed by atoms with Gasteiger partial charge in [-0.3, -0.25) is 9.78 Å². The number of hydrogen-bond acceptors (Lipinski definition) is 5. The van der Waals surface area contributed by atoms with Crippen molar-refractivity contribution < 1.29 is 0 Å². The van der Waals surface area contributed by atoms with Crippen LogP contribution in [0.2, 0.25) is 0 Å². The minimum atomic E-state index is -1.05. The molecule has 0 aliphatic carbocycles. The van der Waals surface area contributed by atoms with E-state index in [1.807, 2.05) is 63.5 Å². The predicted molar refractivity (Wildman–Crippen MR) is 129 cm³/mol. The van der Waals surface area contributed by atoms with Crippen molar-refractivity contribution in [3.63, 3.8) is 0 Å². The number of aliphatic imine (C=N–C) groups is 2. The van der Waals surface area contributed by atoms with Crippen molar-refractivity contribution in [2.45, 2.75) is 39.9 Å². The van der Waals surface area contributed by atoms with Crippen LogP contribution in [0.25, 0.3) is 11.1 Å². The van der Waals surface area contributed by atoms with Gasteiger partial charge < -0.3 is 10.3 Å². The van der Waals surface area contributed by atoms with E-state index < -0.39 is 5.66 Å². The number of nitrogens with two attached hydrogens (primary N) is 1. The van der Waals surface area contributed by atoms with Gasteiger partial charge in [-0.1, -0.05) is 24.1 Å². The van der Waals surface area contributed by atoms with Crippen molar-refractivity contribution in [3.8, 4) is 23.0 Å². The molecule has 0 amide bonds. The van der Waals surface area contributed by atoms with Crippen molar-refractivity contribution in [3.05, 3.63) is 87.6 Å². The van der Waals surface area contributed by atoms with Gasteiger partial charge in [0.1, 0.15) is 5.84 Å². The van der Waals surface area contributed by atoms with Crippen molar-refractivity contribution in [2.24, 2.45) is 15.7 Å². The van der Waals surface area contributed by atoms with Gasteiger partial charge in [0.15, 0.2) is 0 Å². The quantitative estimate of drug-likeness (QED) is 0.650. The molecule has 6 heteroatoms. The number of benzene rings is 1. The lowest BCUT2D eigenvalue weighted by atomic mass is 9.90. The highest BCUT2D eigenvalue weighted by atomic mass is 16.1. The average Bonchev–Trinajstić information content (AvgIpc) is 3.11. The fraction of sp³-hybridized carbons (Fsp3) is 0.231. The second kappa shape index (κ2) is 8.27. The molecule has 0 saturated heterocycles. The smallest absolute Gasteiger partial charge is 0.253 e. The second-order valence-corrected chi connectivity index (χ2v) is 7.79. The van der Waals surface area contributed by atoms with E-state index in [1.165, 1.54) is 0 Å². The van der Waals surface area contributed by atoms with Crippen LogP contribution in [0.1, 0.15) is 43.0 Å². The first-order valence-corrected chi connectivity index (χ1v) is 10.5. The molecule has 32 heavy (non-hydrogen) atoms. The molecule has 2 aromatic heterocycles. The maximum absolute atomic E-state index is 12.5. The zero-order valence-corrected chi connectivity index (χ0v) is 18.7. The highest BCUT2D eigenvalue weighted by molar-refractivity contribution is 6.41. The molecule has 3 heterocycles. The predicted octanol–water partition coefficient (Wildman–Crippen LogP) is 3.64. The first-order valence-electron chi connectivity index (χ1n) is 10.5. The molecule has 0 spiro atoms. The summed E-state index contributed by atoms with van der Waals surface area (Å²) in [6.07, 6.45) is 5.40. The van der Waals surface area contributed by atoms with Crippen LogP contribution >= 0.6 is 0 Å². The van der Waals surface area contributed by atoms with E-state index in [4.69, 9.17) is 15.7 Å². The lowest BCUT2D eigenvalue weighted by Crippen LogP contribution is -2.28. The van der Waals surface area contributed by atoms with Crippen LogP contribution in [0.5, 0.6) is 0 Å². The van der Waals surface area contributed by atoms with E-state index >= 15 is 0 Å². The van der Waals surface area contributed by atoms with Crippen molar-refractivity contribution in [1.82, 2.24) is 9.55 Å². The summed E-state index contributed by atoms with van der Waals surface area (Å²) in [6.45, 7) is 7.97. The molecule has 1 atom stereocenters. The average molecular weight is 424 g/mol. The molecule has 0 bridgehead atoms. The summed E-state index contributed by atoms with van der Waals surface area (Å²) >= 11 is 0. The van der Waals surface area contributed by atoms with Crippen LogP contribution in [0.15, 0.2) is 69.8 Å². The van der Waals surface area contributed by atoms with Gasteiger partial charge in [-0.15, -0.1) is 5.92 Å². The Balaban J connectivity index is 1.94. The molecule has 0 radical (unpaired) electrons. The number of aromatic nitrogens is 2. The Hall–Kier alpha value is -3.98. The maximum atomic E-state index is 12.5. The van der Waals surface area contributed by atoms with Gasteiger partial charge >= 0.3 is 0 Å². The third-order valence-corrected chi connectivity index (χ3v) is 5.60. The Bertz CT molecular complexity index is 1370. The van der Waals surface area contributed by atoms with Crippen molar-refractivity contribution in [1.29, 1.82) is 0 Å². The van der Waals surface area contributed by atoms with E-state index in [9.17, 15) is 4.79 Å². The van der Waals surface area contributed by atoms with Crippen molar-refractivity contribution >= 4 is 11.5 Å². The summed E-state index contributed by atoms with van der Waals surface area (Å²) < 4.78 is 1.68. The lowest BCUT2D eigenvalue weighted by Gasteiger charge is -2.26. The largest absolute Gasteiger partial charge is 0.382 e. The number of hydrogen-bond donors (Lipinski definition) is 1. The summed E-state index contributed by atoms with van der Waals surface area (Å²) in [5.41, 5.74) is 10.9. The van der Waals surface area contributed by atoms with Crippen LogP contribution in [0.4, 0.5) is 0 Å². The zero-order valence-electron chi connectivity index (χ0n) is 18.7. The Labute approximate surface area is 187 Å². The standard InChI is InChI=1S/C26H25N5O/c1-5-8-19-12-21(15-28-14-19)20-9-7-10-22(13-20)26(29-18(4)24(27)30-26)23-11-17(3)25(32)31(6-2)16-23/h7,9-16H,6H2,1-4H3,(H2,27,30). The van der Waals surface area contributed by atoms with Gasteiger partial charge in [0.05, 0.1) is 5.71 Å². The first kappa shape index (κ1) is 21.3. The molecule has 0 fully saturated rings. The summed E-state index contributed by atoms with van der Waals surface area (Å²) in [6, 6.07) is 11.9. The Morgan fingerprint density at radius 2 is 1.88 bits per heavy atom. The van der Waals surface area contributed by atoms with Gasteiger partial charge in [0.2, 0.25) is 5.66 Å². The van der Waals surface area contributed by atoms with Crippen molar-refractivity contribution in [2.75, 3.05) is 0 Å². The molecule has 2 N–H and O–H groups in total. The topological polar surface area (TPSA) is 85.6 Å². The minimum absolute atomic E-state index is 0.0178. The molecule has 1 unspecified atom stereocenters. The Morgan fingerprint density at radius 1 is 1.06 bits per heavy atom. The number of aryl methyl sites for hydroxylation is 2. The van der Waals surface area contributed by atoms with Crippen LogP contribution in [0.3, 0.4) is 0 Å². The van der Waals surface area contributed by atoms with E-state index in [0.717, 1.165) is 27.8 Å². The Kier molecular flexibility index (Phi) is 5.50. The molecule has 0 saturated carbocycles. The number of amidine groups is 1. The van der Waals surface area contributed by atoms with E-state index in [2.05, 4.69) is 22.9 Å². The SMILES string of the molecule is CC#Cc1cncc(-c2cccc(C3(c4cc(C)c(=O)n(CC)c4)N=C(C)C(N)=N3)c2)c1. The van der Waals surface area contributed by atoms with Crippen LogP contribution < -0.4 is 11.3 Å². The van der Waals surface area contributed by atoms with E-state index in [1.54, 1.807) is 17.7 Å². The highest BCUT2D eigenvalue weighted by Crippen LogP contribution is 2.39. The fourth-order valence-corrected chi connectivity index (χ4v) is 3.94. The maximum Gasteiger partial charge on any atom is 0.253 e. The second-order valence-electron chi connectivity index (χ2n) is 7.79. The zero-order chi connectivity index (χ0) is 22.9. The fourth-order valence-electron chi connectivity index (χ4n) is 3.94. The van der Waals surface area contributed by atoms with Gasteiger partial charge in [-0.05, 0) is 51.5 Å². The molecular formula is C26H25N5O. The van der Waals surface area contributed by atoms with Crippen LogP contribution in [-0.4, -0.2) is 21.1 Å². The molecule has 1 aliphatic rings. The van der Waals surface area contributed by atoms with Crippen LogP contribution in [-0.2, 0) is 12.2 Å². The third kappa shape index (κ3) is 3.63. The van der Waals surface area contributed by atoms with Gasteiger partial charge in [-0.2, -0.15) is 0 Å². The minimum Gasteiger partial charge on any atom is -0.382 e.